The van der Waals surface area contributed by atoms with Crippen molar-refractivity contribution in [2.75, 3.05) is 145 Å². The average molecular weight is 2020 g/mol. The van der Waals surface area contributed by atoms with Gasteiger partial charge >= 0.3 is 36.0 Å². The SMILES string of the molecule is CCC(CO)OC(CO)OC.CCC(CO)OC(COC(=O)CCCC(=O)NC(C)C(=O)OCCCCC(=O)[C@]1(O)C2N(C)c3cc(C)c([C@@]4(C)CC5CN(CCc6c4[nH]c4ccccc64)CC(O)(CC)C5)cc3C23CCN2CC=C[C@](CC)(C23)[C@H]1O)OC.CCC(CO)OC(COC(=O)CCCC(=O)NCCSSc1ccccn1)OC.CCC(CO)OC(COC(=O)CCCC(=O)O)OC.O=C=O. The number of aromatic amines is 1. The Labute approximate surface area is 830 Å². The maximum atomic E-state index is 15.2. The summed E-state index contributed by atoms with van der Waals surface area (Å²) < 4.78 is 62.3. The molecule has 0 radical (unpaired) electrons. The van der Waals surface area contributed by atoms with Crippen molar-refractivity contribution in [2.45, 2.75) is 304 Å². The van der Waals surface area contributed by atoms with E-state index in [1.54, 1.807) is 27.8 Å². The van der Waals surface area contributed by atoms with E-state index in [0.29, 0.717) is 77.4 Å². The summed E-state index contributed by atoms with van der Waals surface area (Å²) in [6.45, 7) is 21.2. The Bertz CT molecular complexity index is 4490. The number of anilines is 1. The number of esters is 4. The van der Waals surface area contributed by atoms with Gasteiger partial charge in [0, 0.05) is 170 Å². The number of rotatable bonds is 55. The summed E-state index contributed by atoms with van der Waals surface area (Å²) in [5.41, 5.74) is 2.93. The summed E-state index contributed by atoms with van der Waals surface area (Å²) in [5.74, 6) is -3.02. The number of aromatic nitrogens is 2. The fraction of sp³-hybridized carbons (Fsp3) is 0.700. The van der Waals surface area contributed by atoms with E-state index in [-0.39, 0.29) is 166 Å². The van der Waals surface area contributed by atoms with Gasteiger partial charge < -0.3 is 123 Å². The number of benzene rings is 2. The molecule has 788 valence electrons. The number of likely N-dealkylation sites (N-methyl/N-ethyl adjacent to an activating group) is 1. The first kappa shape index (κ1) is 121. The second kappa shape index (κ2) is 61.3. The highest BCUT2D eigenvalue weighted by atomic mass is 33.1. The highest BCUT2D eigenvalue weighted by molar-refractivity contribution is 8.76. The number of aliphatic hydroxyl groups is 8. The van der Waals surface area contributed by atoms with Gasteiger partial charge in [-0.05, 0) is 187 Å². The number of carbonyl (C=O) groups is 8. The minimum Gasteiger partial charge on any atom is -0.481 e. The molecule has 2 amide bonds. The number of H-pyrrole nitrogens is 1. The number of nitrogens with one attached hydrogen (secondary N) is 3. The van der Waals surface area contributed by atoms with Crippen molar-refractivity contribution in [1.82, 2.24) is 30.4 Å². The van der Waals surface area contributed by atoms with E-state index >= 15 is 4.79 Å². The smallest absolute Gasteiger partial charge is 0.373 e. The number of fused-ring (bicyclic) bond motifs is 6. The van der Waals surface area contributed by atoms with Gasteiger partial charge in [-0.15, -0.1) is 0 Å². The predicted octanol–water partition coefficient (Wildman–Crippen LogP) is 7.77. The number of carbonyl (C=O) groups excluding carboxylic acids is 9. The van der Waals surface area contributed by atoms with Gasteiger partial charge in [0.25, 0.3) is 0 Å². The Hall–Kier alpha value is -8.01. The Balaban J connectivity index is 0.000000391. The van der Waals surface area contributed by atoms with Crippen LogP contribution in [0.3, 0.4) is 0 Å². The Morgan fingerprint density at radius 2 is 1.18 bits per heavy atom. The molecule has 10 rings (SSSR count). The van der Waals surface area contributed by atoms with Crippen molar-refractivity contribution in [3.05, 3.63) is 101 Å². The van der Waals surface area contributed by atoms with Crippen LogP contribution >= 0.6 is 21.6 Å². The normalized spacial score (nSPS) is 23.8. The second-order valence-electron chi connectivity index (χ2n) is 36.3. The quantitative estimate of drug-likeness (QED) is 0.00501. The molecule has 2 bridgehead atoms. The Morgan fingerprint density at radius 3 is 1.69 bits per heavy atom. The number of ether oxygens (including phenoxy) is 12. The Morgan fingerprint density at radius 1 is 0.636 bits per heavy atom. The molecule has 12 N–H and O–H groups in total. The molecule has 1 aliphatic carbocycles. The lowest BCUT2D eigenvalue weighted by atomic mass is 9.47. The highest BCUT2D eigenvalue weighted by Crippen LogP contribution is 2.67. The number of carboxylic acid groups (broad SMARTS) is 1. The van der Waals surface area contributed by atoms with Crippen LogP contribution in [0.2, 0.25) is 0 Å². The fourth-order valence-corrected chi connectivity index (χ4v) is 21.4. The van der Waals surface area contributed by atoms with Crippen LogP contribution in [-0.4, -0.2) is 344 Å². The number of carboxylic acids is 1. The molecule has 19 atom stereocenters. The summed E-state index contributed by atoms with van der Waals surface area (Å²) in [4.78, 5) is 130. The number of methoxy groups -OCH3 is 4. The van der Waals surface area contributed by atoms with Crippen LogP contribution in [0, 0.1) is 18.3 Å². The maximum absolute atomic E-state index is 15.2. The van der Waals surface area contributed by atoms with Crippen LogP contribution in [0.25, 0.3) is 10.9 Å². The number of Topliss-reactive ketones (excluding diaryl/α,β-unsaturated/α-hetero) is 1. The van der Waals surface area contributed by atoms with Gasteiger partial charge in [-0.3, -0.25) is 43.4 Å². The number of nitrogens with zero attached hydrogens (tertiary/aromatic N) is 4. The van der Waals surface area contributed by atoms with Crippen molar-refractivity contribution in [1.29, 1.82) is 0 Å². The molecule has 1 saturated carbocycles. The standard InChI is InChI=1S/C61H87N5O12.C19H30N2O6S2.C12H22O7.C7H16O4.CO2/c1-9-41(35-67)78-51(75-8)36-77-50(70)22-16-21-49(69)62-39(5)53(71)76-29-15-14-20-48(68)61(74)55-60(25-28-66-26-17-24-59(11-3,54(60)66)56(61)72)45-31-44(38(4)30-47(45)64(55)7)57(6)32-40-33-58(73,10-2)37-65(34-40)27-23-43-42-18-12-13-19-46(42)63-52(43)57;1-3-15(13-22)27-19(25-2)14-26-18(24)9-6-7-16(23)20-11-12-28-29-17-8-4-5-10-21-17;1-3-9(7-13)19-12(17-2)8-18-11(16)6-4-5-10(14)15;1-3-6(4-8)11-7(5-9)10-2;2-1-3/h12-13,17-19,24,30-31,39-41,51,54-56,63,67,72-74H,9-11,14-16,20-23,25-29,32-37H2,1-8H3,(H,62,69);4-5,8,10,15,19,22H,3,6-7,9,11-14H2,1-2H3,(H,20,23);9,12-13H,3-8H2,1-2H3,(H,14,15);6-9H,3-5H2,1-2H3;/t39?,40?,41?,51?,54?,55?,56-,57-,58?,59-,60?,61+;;;;/m1..../s1. The molecule has 4 aromatic rings. The summed E-state index contributed by atoms with van der Waals surface area (Å²) in [7, 11) is 10.9. The van der Waals surface area contributed by atoms with E-state index in [1.807, 2.05) is 52.9 Å². The van der Waals surface area contributed by atoms with Gasteiger partial charge in [-0.2, -0.15) is 9.59 Å². The van der Waals surface area contributed by atoms with E-state index in [4.69, 9.17) is 92.0 Å². The van der Waals surface area contributed by atoms with Gasteiger partial charge in [0.1, 0.15) is 37.0 Å². The van der Waals surface area contributed by atoms with E-state index in [0.717, 1.165) is 72.0 Å². The molecule has 40 heteroatoms. The number of amides is 2. The van der Waals surface area contributed by atoms with Crippen LogP contribution in [0.15, 0.2) is 78.0 Å². The Kier molecular flexibility index (Phi) is 52.9. The third-order valence-electron chi connectivity index (χ3n) is 26.9. The molecule has 2 aromatic heterocycles. The molecule has 2 aromatic carbocycles. The monoisotopic (exact) mass is 2010 g/mol. The molecular formula is C100H155N7O31S2. The van der Waals surface area contributed by atoms with Crippen LogP contribution in [-0.2, 0) is 122 Å². The minimum absolute atomic E-state index is 0.0183. The lowest BCUT2D eigenvalue weighted by Crippen LogP contribution is -2.80. The molecule has 140 heavy (non-hydrogen) atoms. The molecule has 7 heterocycles. The van der Waals surface area contributed by atoms with E-state index in [2.05, 4.69) is 112 Å². The number of hydrogen-bond acceptors (Lipinski definition) is 36. The number of unbranched alkanes of at least 4 members (excludes halogenated alkanes) is 1. The first-order valence-corrected chi connectivity index (χ1v) is 51.1. The van der Waals surface area contributed by atoms with Crippen LogP contribution < -0.4 is 15.5 Å². The summed E-state index contributed by atoms with van der Waals surface area (Å²) in [6, 6.07) is 17.1. The molecule has 38 nitrogen and oxygen atoms in total. The van der Waals surface area contributed by atoms with Gasteiger partial charge in [0.2, 0.25) is 11.8 Å². The number of para-hydroxylation sites is 1. The van der Waals surface area contributed by atoms with Crippen molar-refractivity contribution < 1.29 is 151 Å². The summed E-state index contributed by atoms with van der Waals surface area (Å²) in [5, 5.41) is 99.4. The minimum atomic E-state index is -2.17. The largest absolute Gasteiger partial charge is 0.481 e. The number of aliphatic carboxylic acids is 1. The zero-order chi connectivity index (χ0) is 103. The van der Waals surface area contributed by atoms with E-state index < -0.39 is 118 Å². The number of aliphatic hydroxyl groups excluding tert-OH is 6. The first-order valence-electron chi connectivity index (χ1n) is 48.8. The van der Waals surface area contributed by atoms with Crippen LogP contribution in [0.4, 0.5) is 5.69 Å². The number of hydrogen-bond donors (Lipinski definition) is 12. The maximum Gasteiger partial charge on any atom is 0.373 e. The number of aryl methyl sites for hydroxylation is 1. The molecule has 15 unspecified atom stereocenters. The third-order valence-corrected chi connectivity index (χ3v) is 29.2. The lowest BCUT2D eigenvalue weighted by Gasteiger charge is -2.63. The van der Waals surface area contributed by atoms with Crippen molar-refractivity contribution in [2.24, 2.45) is 11.3 Å². The molecule has 1 spiro atoms. The number of ketones is 1. The average Bonchev–Trinajstić information content (AvgIpc) is 1.47. The van der Waals surface area contributed by atoms with E-state index in [9.17, 15) is 54.0 Å². The zero-order valence-corrected chi connectivity index (χ0v) is 85.5. The van der Waals surface area contributed by atoms with Crippen molar-refractivity contribution >= 4 is 91.8 Å². The fourth-order valence-electron chi connectivity index (χ4n) is 19.6. The van der Waals surface area contributed by atoms with Crippen LogP contribution in [0.1, 0.15) is 218 Å². The molecular weight excluding hydrogens is 1860 g/mol. The van der Waals surface area contributed by atoms with Gasteiger partial charge in [-0.1, -0.05) is 94.8 Å². The third kappa shape index (κ3) is 33.8. The molecule has 2 saturated heterocycles. The number of pyridine rings is 1. The van der Waals surface area contributed by atoms with Gasteiger partial charge in [0.05, 0.1) is 75.7 Å². The van der Waals surface area contributed by atoms with Crippen LogP contribution in [0.5, 0.6) is 0 Å². The summed E-state index contributed by atoms with van der Waals surface area (Å²) in [6.07, 6.45) is 8.95. The predicted molar refractivity (Wildman–Crippen MR) is 520 cm³/mol. The lowest BCUT2D eigenvalue weighted by molar-refractivity contribution is -0.202. The highest BCUT2D eigenvalue weighted by Gasteiger charge is 2.78. The summed E-state index contributed by atoms with van der Waals surface area (Å²) >= 11 is 0. The second-order valence-corrected chi connectivity index (χ2v) is 38.7. The van der Waals surface area contributed by atoms with Gasteiger partial charge in [-0.25, -0.2) is 9.78 Å². The van der Waals surface area contributed by atoms with Crippen molar-refractivity contribution in [3.8, 4) is 0 Å². The topological polar surface area (TPSA) is 526 Å². The van der Waals surface area contributed by atoms with E-state index in [1.165, 1.54) is 57.6 Å². The molecule has 3 fully saturated rings. The molecule has 6 aliphatic rings. The van der Waals surface area contributed by atoms with Crippen molar-refractivity contribution in [3.63, 3.8) is 0 Å². The van der Waals surface area contributed by atoms with Gasteiger partial charge in [0.15, 0.2) is 36.5 Å². The first-order chi connectivity index (χ1) is 67.1. The number of piperidine rings is 1. The molecule has 5 aliphatic heterocycles. The zero-order valence-electron chi connectivity index (χ0n) is 83.9.